The lowest BCUT2D eigenvalue weighted by Crippen LogP contribution is -1.68. The van der Waals surface area contributed by atoms with Crippen molar-refractivity contribution in [3.05, 3.63) is 30.7 Å². The van der Waals surface area contributed by atoms with Crippen molar-refractivity contribution in [1.82, 2.24) is 0 Å². The number of hydrogen-bond donors (Lipinski definition) is 0. The molecule has 0 fully saturated rings. The van der Waals surface area contributed by atoms with Crippen LogP contribution in [0.2, 0.25) is 0 Å². The van der Waals surface area contributed by atoms with Gasteiger partial charge in [-0.15, -0.1) is 0 Å². The second-order valence-corrected chi connectivity index (χ2v) is 2.38. The van der Waals surface area contributed by atoms with E-state index in [-0.39, 0.29) is 0 Å². The Bertz CT molecular complexity index is 118. The summed E-state index contributed by atoms with van der Waals surface area (Å²) in [7, 11) is 0. The van der Waals surface area contributed by atoms with Gasteiger partial charge in [0.05, 0.1) is 0 Å². The molecule has 0 amide bonds. The monoisotopic (exact) mass is 137 g/mol. The van der Waals surface area contributed by atoms with Crippen molar-refractivity contribution in [1.29, 1.82) is 0 Å². The zero-order valence-corrected chi connectivity index (χ0v) is 7.06. The molecule has 0 N–H and O–H groups in total. The fourth-order valence-electron chi connectivity index (χ4n) is 0.732. The lowest BCUT2D eigenvalue weighted by molar-refractivity contribution is 0.958. The van der Waals surface area contributed by atoms with Crippen LogP contribution < -0.4 is 0 Å². The maximum atomic E-state index is 3.87. The molecule has 0 spiro atoms. The van der Waals surface area contributed by atoms with Gasteiger partial charge in [-0.05, 0) is 19.8 Å². The van der Waals surface area contributed by atoms with E-state index in [9.17, 15) is 0 Å². The first-order valence-electron chi connectivity index (χ1n) is 3.99. The van der Waals surface area contributed by atoms with Crippen LogP contribution >= 0.6 is 0 Å². The predicted molar refractivity (Wildman–Crippen MR) is 47.8 cm³/mol. The van der Waals surface area contributed by atoms with Crippen molar-refractivity contribution >= 4 is 0 Å². The normalized spacial score (nSPS) is 12.9. The Kier molecular flexibility index (Phi) is 6.25. The molecular formula is C10H17. The predicted octanol–water partition coefficient (Wildman–Crippen LogP) is 3.51. The van der Waals surface area contributed by atoms with E-state index >= 15 is 0 Å². The topological polar surface area (TPSA) is 0 Å². The largest absolute Gasteiger partial charge is 0.0843 e. The zero-order valence-electron chi connectivity index (χ0n) is 7.06. The average molecular weight is 137 g/mol. The molecule has 0 aromatic heterocycles. The lowest BCUT2D eigenvalue weighted by atomic mass is 10.2. The first kappa shape index (κ1) is 9.48. The summed E-state index contributed by atoms with van der Waals surface area (Å²) in [5.74, 6) is 0. The summed E-state index contributed by atoms with van der Waals surface area (Å²) >= 11 is 0. The van der Waals surface area contributed by atoms with Crippen LogP contribution in [0.5, 0.6) is 0 Å². The van der Waals surface area contributed by atoms with Crippen molar-refractivity contribution < 1.29 is 0 Å². The molecule has 57 valence electrons. The van der Waals surface area contributed by atoms with E-state index in [0.717, 1.165) is 18.4 Å². The van der Waals surface area contributed by atoms with E-state index in [1.807, 2.05) is 0 Å². The molecule has 0 aromatic carbocycles. The summed E-state index contributed by atoms with van der Waals surface area (Å²) < 4.78 is 0. The highest BCUT2D eigenvalue weighted by Gasteiger charge is 1.78. The Morgan fingerprint density at radius 1 is 1.40 bits per heavy atom. The second-order valence-electron chi connectivity index (χ2n) is 2.38. The molecule has 0 saturated carbocycles. The van der Waals surface area contributed by atoms with Crippen molar-refractivity contribution in [2.45, 2.75) is 33.1 Å². The Morgan fingerprint density at radius 2 is 2.10 bits per heavy atom. The molecule has 0 atom stereocenters. The van der Waals surface area contributed by atoms with Crippen LogP contribution in [-0.4, -0.2) is 0 Å². The van der Waals surface area contributed by atoms with E-state index in [4.69, 9.17) is 0 Å². The van der Waals surface area contributed by atoms with E-state index in [2.05, 4.69) is 39.0 Å². The quantitative estimate of drug-likeness (QED) is 0.520. The number of rotatable bonds is 4. The minimum atomic E-state index is 1.08. The number of unbranched alkanes of at least 4 members (excludes halogenated alkanes) is 1. The highest BCUT2D eigenvalue weighted by atomic mass is 13.8. The van der Waals surface area contributed by atoms with Crippen LogP contribution in [0.25, 0.3) is 0 Å². The maximum Gasteiger partial charge on any atom is -0.0242 e. The molecular weight excluding hydrogens is 120 g/mol. The van der Waals surface area contributed by atoms with E-state index in [1.165, 1.54) is 6.42 Å². The van der Waals surface area contributed by atoms with Crippen molar-refractivity contribution in [2.24, 2.45) is 0 Å². The van der Waals surface area contributed by atoms with Crippen molar-refractivity contribution in [3.63, 3.8) is 0 Å². The molecule has 0 heterocycles. The molecule has 1 radical (unpaired) electrons. The Morgan fingerprint density at radius 3 is 2.60 bits per heavy atom. The summed E-state index contributed by atoms with van der Waals surface area (Å²) in [6.45, 7) is 8.17. The Hall–Kier alpha value is -0.520. The van der Waals surface area contributed by atoms with E-state index < -0.39 is 0 Å². The standard InChI is InChI=1S/C10H17/c1-4-6-7-9-10(3)8-5-2/h7-9H,3-6H2,1-2H3. The van der Waals surface area contributed by atoms with Gasteiger partial charge in [0, 0.05) is 0 Å². The molecule has 0 rings (SSSR count). The summed E-state index contributed by atoms with van der Waals surface area (Å²) in [6, 6.07) is 0. The maximum absolute atomic E-state index is 3.87. The number of allylic oxidation sites excluding steroid dienone is 4. The van der Waals surface area contributed by atoms with E-state index in [1.54, 1.807) is 0 Å². The highest BCUT2D eigenvalue weighted by molar-refractivity contribution is 5.20. The third-order valence-corrected chi connectivity index (χ3v) is 1.25. The van der Waals surface area contributed by atoms with Gasteiger partial charge >= 0.3 is 0 Å². The van der Waals surface area contributed by atoms with Crippen LogP contribution in [-0.2, 0) is 0 Å². The molecule has 0 unspecified atom stereocenters. The Labute approximate surface area is 64.6 Å². The Balaban J connectivity index is 3.55. The van der Waals surface area contributed by atoms with E-state index in [0.29, 0.717) is 0 Å². The fourth-order valence-corrected chi connectivity index (χ4v) is 0.732. The van der Waals surface area contributed by atoms with Crippen molar-refractivity contribution in [3.8, 4) is 0 Å². The van der Waals surface area contributed by atoms with Crippen molar-refractivity contribution in [2.75, 3.05) is 0 Å². The first-order chi connectivity index (χ1) is 4.81. The number of hydrogen-bond acceptors (Lipinski definition) is 0. The third kappa shape index (κ3) is 5.61. The summed E-state index contributed by atoms with van der Waals surface area (Å²) in [6.07, 6.45) is 9.86. The van der Waals surface area contributed by atoms with Crippen LogP contribution in [0.4, 0.5) is 0 Å². The van der Waals surface area contributed by atoms with Crippen LogP contribution in [0.3, 0.4) is 0 Å². The first-order valence-corrected chi connectivity index (χ1v) is 3.99. The smallest absolute Gasteiger partial charge is 0.0242 e. The third-order valence-electron chi connectivity index (χ3n) is 1.25. The fraction of sp³-hybridized carbons (Fsp3) is 0.500. The highest BCUT2D eigenvalue weighted by Crippen LogP contribution is 1.98. The molecule has 0 aliphatic carbocycles. The zero-order chi connectivity index (χ0) is 7.82. The van der Waals surface area contributed by atoms with Gasteiger partial charge in [0.2, 0.25) is 0 Å². The van der Waals surface area contributed by atoms with Gasteiger partial charge in [0.15, 0.2) is 0 Å². The molecule has 0 heteroatoms. The van der Waals surface area contributed by atoms with Gasteiger partial charge in [0.1, 0.15) is 0 Å². The second kappa shape index (κ2) is 6.60. The van der Waals surface area contributed by atoms with Gasteiger partial charge in [-0.2, -0.15) is 0 Å². The van der Waals surface area contributed by atoms with Crippen LogP contribution in [0.15, 0.2) is 23.8 Å². The minimum absolute atomic E-state index is 1.08. The lowest BCUT2D eigenvalue weighted by Gasteiger charge is -1.88. The van der Waals surface area contributed by atoms with Gasteiger partial charge < -0.3 is 0 Å². The molecule has 0 aliphatic rings. The minimum Gasteiger partial charge on any atom is -0.0843 e. The van der Waals surface area contributed by atoms with Gasteiger partial charge in [-0.25, -0.2) is 0 Å². The average Bonchev–Trinajstić information content (AvgIpc) is 1.89. The molecule has 0 aliphatic heterocycles. The summed E-state index contributed by atoms with van der Waals surface area (Å²) in [4.78, 5) is 0. The van der Waals surface area contributed by atoms with Crippen LogP contribution in [0, 0.1) is 6.92 Å². The molecule has 0 saturated heterocycles. The molecule has 10 heavy (non-hydrogen) atoms. The molecule has 0 aromatic rings. The molecule has 0 nitrogen and oxygen atoms in total. The SMILES string of the molecule is [CH2]C(C=CCCC)=CCC. The van der Waals surface area contributed by atoms with Gasteiger partial charge in [-0.1, -0.05) is 44.1 Å². The summed E-state index contributed by atoms with van der Waals surface area (Å²) in [5.41, 5.74) is 1.14. The summed E-state index contributed by atoms with van der Waals surface area (Å²) in [5, 5.41) is 0. The van der Waals surface area contributed by atoms with Gasteiger partial charge in [0.25, 0.3) is 0 Å². The van der Waals surface area contributed by atoms with Crippen LogP contribution in [0.1, 0.15) is 33.1 Å². The van der Waals surface area contributed by atoms with Gasteiger partial charge in [-0.3, -0.25) is 0 Å². The molecule has 0 bridgehead atoms.